The Morgan fingerprint density at radius 1 is 1.22 bits per heavy atom. The van der Waals surface area contributed by atoms with Gasteiger partial charge in [0.1, 0.15) is 0 Å². The lowest BCUT2D eigenvalue weighted by Crippen LogP contribution is -2.13. The van der Waals surface area contributed by atoms with E-state index in [4.69, 9.17) is 0 Å². The van der Waals surface area contributed by atoms with E-state index in [-0.39, 0.29) is 6.04 Å². The number of hydrogen-bond donors (Lipinski definition) is 1. The highest BCUT2D eigenvalue weighted by atomic mass is 15.2. The number of aromatic nitrogens is 3. The molecule has 2 aromatic rings. The molecule has 0 spiro atoms. The van der Waals surface area contributed by atoms with Crippen LogP contribution in [0.25, 0.3) is 0 Å². The Morgan fingerprint density at radius 3 is 2.61 bits per heavy atom. The fourth-order valence-corrected chi connectivity index (χ4v) is 1.92. The van der Waals surface area contributed by atoms with Gasteiger partial charge in [-0.1, -0.05) is 6.07 Å². The van der Waals surface area contributed by atoms with E-state index in [1.54, 1.807) is 0 Å². The number of aryl methyl sites for hydroxylation is 1. The minimum atomic E-state index is 0.144. The number of hydrogen-bond acceptors (Lipinski definition) is 3. The van der Waals surface area contributed by atoms with Crippen molar-refractivity contribution in [2.24, 2.45) is 0 Å². The van der Waals surface area contributed by atoms with Crippen molar-refractivity contribution in [2.45, 2.75) is 39.8 Å². The molecule has 0 aliphatic carbocycles. The molecule has 1 unspecified atom stereocenters. The highest BCUT2D eigenvalue weighted by Gasteiger charge is 2.12. The smallest absolute Gasteiger partial charge is 0.203 e. The van der Waals surface area contributed by atoms with Crippen LogP contribution in [0.5, 0.6) is 0 Å². The molecule has 0 aliphatic heterocycles. The zero-order chi connectivity index (χ0) is 13.1. The Kier molecular flexibility index (Phi) is 3.65. The normalized spacial score (nSPS) is 12.7. The van der Waals surface area contributed by atoms with Crippen LogP contribution in [0.2, 0.25) is 0 Å². The lowest BCUT2D eigenvalue weighted by molar-refractivity contribution is 0.599. The molecule has 96 valence electrons. The van der Waals surface area contributed by atoms with Gasteiger partial charge in [-0.15, -0.1) is 0 Å². The highest BCUT2D eigenvalue weighted by Crippen LogP contribution is 2.20. The van der Waals surface area contributed by atoms with Crippen LogP contribution >= 0.6 is 0 Å². The molecule has 0 aromatic carbocycles. The summed E-state index contributed by atoms with van der Waals surface area (Å²) in [4.78, 5) is 8.88. The quantitative estimate of drug-likeness (QED) is 0.897. The molecule has 2 aromatic heterocycles. The van der Waals surface area contributed by atoms with Gasteiger partial charge in [-0.05, 0) is 39.8 Å². The summed E-state index contributed by atoms with van der Waals surface area (Å²) in [6.45, 7) is 8.40. The second-order valence-electron chi connectivity index (χ2n) is 4.83. The molecule has 4 nitrogen and oxygen atoms in total. The molecule has 0 aliphatic rings. The van der Waals surface area contributed by atoms with Crippen molar-refractivity contribution < 1.29 is 0 Å². The number of nitrogens with one attached hydrogen (secondary N) is 1. The van der Waals surface area contributed by atoms with Crippen LogP contribution in [-0.4, -0.2) is 14.5 Å². The summed E-state index contributed by atoms with van der Waals surface area (Å²) in [5.41, 5.74) is 2.05. The summed E-state index contributed by atoms with van der Waals surface area (Å²) in [6, 6.07) is 6.48. The standard InChI is InChI=1S/C14H20N4/c1-10(2)18-9-11(3)16-14(18)17-12(4)13-7-5-6-8-15-13/h5-10,12H,1-4H3,(H,16,17). The Balaban J connectivity index is 2.19. The average Bonchev–Trinajstić information content (AvgIpc) is 2.71. The van der Waals surface area contributed by atoms with E-state index < -0.39 is 0 Å². The molecular weight excluding hydrogens is 224 g/mol. The van der Waals surface area contributed by atoms with Gasteiger partial charge >= 0.3 is 0 Å². The third-order valence-corrected chi connectivity index (χ3v) is 2.89. The fourth-order valence-electron chi connectivity index (χ4n) is 1.92. The summed E-state index contributed by atoms with van der Waals surface area (Å²) < 4.78 is 2.15. The molecule has 18 heavy (non-hydrogen) atoms. The van der Waals surface area contributed by atoms with Crippen LogP contribution in [0, 0.1) is 6.92 Å². The second kappa shape index (κ2) is 5.21. The Hall–Kier alpha value is -1.84. The zero-order valence-corrected chi connectivity index (χ0v) is 11.4. The fraction of sp³-hybridized carbons (Fsp3) is 0.429. The molecule has 0 saturated carbocycles. The van der Waals surface area contributed by atoms with Crippen LogP contribution in [0.4, 0.5) is 5.95 Å². The Morgan fingerprint density at radius 2 is 2.00 bits per heavy atom. The zero-order valence-electron chi connectivity index (χ0n) is 11.4. The lowest BCUT2D eigenvalue weighted by Gasteiger charge is -2.17. The molecule has 0 fully saturated rings. The topological polar surface area (TPSA) is 42.7 Å². The third kappa shape index (κ3) is 2.70. The van der Waals surface area contributed by atoms with Crippen molar-refractivity contribution in [3.8, 4) is 0 Å². The summed E-state index contributed by atoms with van der Waals surface area (Å²) in [7, 11) is 0. The van der Waals surface area contributed by atoms with Crippen LogP contribution in [0.1, 0.15) is 44.2 Å². The van der Waals surface area contributed by atoms with E-state index in [1.807, 2.05) is 31.3 Å². The van der Waals surface area contributed by atoms with E-state index in [0.717, 1.165) is 17.3 Å². The SMILES string of the molecule is Cc1cn(C(C)C)c(NC(C)c2ccccn2)n1. The number of rotatable bonds is 4. The predicted octanol–water partition coefficient (Wildman–Crippen LogP) is 3.34. The monoisotopic (exact) mass is 244 g/mol. The highest BCUT2D eigenvalue weighted by molar-refractivity contribution is 5.32. The number of imidazole rings is 1. The molecule has 0 amide bonds. The molecular formula is C14H20N4. The molecule has 0 radical (unpaired) electrons. The predicted molar refractivity (Wildman–Crippen MR) is 73.6 cm³/mol. The van der Waals surface area contributed by atoms with Gasteiger partial charge < -0.3 is 9.88 Å². The van der Waals surface area contributed by atoms with E-state index in [1.165, 1.54) is 0 Å². The van der Waals surface area contributed by atoms with Gasteiger partial charge in [0.25, 0.3) is 0 Å². The molecule has 0 bridgehead atoms. The van der Waals surface area contributed by atoms with Crippen LogP contribution in [0.15, 0.2) is 30.6 Å². The largest absolute Gasteiger partial charge is 0.348 e. The van der Waals surface area contributed by atoms with Crippen molar-refractivity contribution in [3.05, 3.63) is 42.0 Å². The number of anilines is 1. The van der Waals surface area contributed by atoms with Crippen LogP contribution < -0.4 is 5.32 Å². The maximum absolute atomic E-state index is 4.52. The van der Waals surface area contributed by atoms with Gasteiger partial charge in [-0.2, -0.15) is 0 Å². The van der Waals surface area contributed by atoms with E-state index >= 15 is 0 Å². The van der Waals surface area contributed by atoms with Gasteiger partial charge in [0.05, 0.1) is 17.4 Å². The maximum Gasteiger partial charge on any atom is 0.203 e. The first-order chi connectivity index (χ1) is 8.58. The lowest BCUT2D eigenvalue weighted by atomic mass is 10.2. The van der Waals surface area contributed by atoms with Crippen LogP contribution in [0.3, 0.4) is 0 Å². The summed E-state index contributed by atoms with van der Waals surface area (Å²) in [5, 5.41) is 3.42. The Bertz CT molecular complexity index is 502. The van der Waals surface area contributed by atoms with Crippen molar-refractivity contribution in [1.29, 1.82) is 0 Å². The first-order valence-electron chi connectivity index (χ1n) is 6.31. The molecule has 1 N–H and O–H groups in total. The van der Waals surface area contributed by atoms with Gasteiger partial charge in [-0.25, -0.2) is 4.98 Å². The molecule has 1 atom stereocenters. The first kappa shape index (κ1) is 12.6. The van der Waals surface area contributed by atoms with Gasteiger partial charge in [0.2, 0.25) is 5.95 Å². The van der Waals surface area contributed by atoms with Gasteiger partial charge in [-0.3, -0.25) is 4.98 Å². The van der Waals surface area contributed by atoms with Crippen molar-refractivity contribution in [2.75, 3.05) is 5.32 Å². The molecule has 2 rings (SSSR count). The Labute approximate surface area is 108 Å². The first-order valence-corrected chi connectivity index (χ1v) is 6.31. The maximum atomic E-state index is 4.52. The summed E-state index contributed by atoms with van der Waals surface area (Å²) in [5.74, 6) is 0.903. The van der Waals surface area contributed by atoms with Crippen LogP contribution in [-0.2, 0) is 0 Å². The van der Waals surface area contributed by atoms with Crippen molar-refractivity contribution in [1.82, 2.24) is 14.5 Å². The van der Waals surface area contributed by atoms with Crippen molar-refractivity contribution in [3.63, 3.8) is 0 Å². The van der Waals surface area contributed by atoms with Gasteiger partial charge in [0.15, 0.2) is 0 Å². The molecule has 2 heterocycles. The minimum Gasteiger partial charge on any atom is -0.348 e. The van der Waals surface area contributed by atoms with Crippen molar-refractivity contribution >= 4 is 5.95 Å². The van der Waals surface area contributed by atoms with E-state index in [2.05, 4.69) is 46.8 Å². The van der Waals surface area contributed by atoms with E-state index in [0.29, 0.717) is 6.04 Å². The molecule has 4 heteroatoms. The number of pyridine rings is 1. The van der Waals surface area contributed by atoms with Gasteiger partial charge in [0, 0.05) is 18.4 Å². The summed E-state index contributed by atoms with van der Waals surface area (Å²) in [6.07, 6.45) is 3.88. The minimum absolute atomic E-state index is 0.144. The number of nitrogens with zero attached hydrogens (tertiary/aromatic N) is 3. The van der Waals surface area contributed by atoms with E-state index in [9.17, 15) is 0 Å². The second-order valence-corrected chi connectivity index (χ2v) is 4.83. The molecule has 0 saturated heterocycles. The average molecular weight is 244 g/mol. The summed E-state index contributed by atoms with van der Waals surface area (Å²) >= 11 is 0. The third-order valence-electron chi connectivity index (χ3n) is 2.89.